The maximum absolute atomic E-state index is 12.1. The molecule has 0 unspecified atom stereocenters. The lowest BCUT2D eigenvalue weighted by molar-refractivity contribution is -0.123. The Bertz CT molecular complexity index is 398. The highest BCUT2D eigenvalue weighted by Crippen LogP contribution is 2.48. The summed E-state index contributed by atoms with van der Waals surface area (Å²) in [5, 5.41) is 12.2. The average Bonchev–Trinajstić information content (AvgIpc) is 3.11. The fraction of sp³-hybridized carbons (Fsp3) is 0.462. The van der Waals surface area contributed by atoms with Gasteiger partial charge >= 0.3 is 0 Å². The summed E-state index contributed by atoms with van der Waals surface area (Å²) in [4.78, 5) is 12.1. The van der Waals surface area contributed by atoms with Crippen molar-refractivity contribution in [2.75, 3.05) is 13.2 Å². The van der Waals surface area contributed by atoms with Crippen LogP contribution in [0.5, 0.6) is 0 Å². The zero-order chi connectivity index (χ0) is 12.3. The number of rotatable bonds is 5. The Balaban J connectivity index is 2.03. The van der Waals surface area contributed by atoms with Gasteiger partial charge in [0.2, 0.25) is 5.91 Å². The minimum atomic E-state index is -0.347. The number of benzene rings is 1. The number of hydrogen-bond donors (Lipinski definition) is 2. The maximum atomic E-state index is 12.1. The first-order valence-electron chi connectivity index (χ1n) is 5.84. The van der Waals surface area contributed by atoms with Gasteiger partial charge in [0.25, 0.3) is 0 Å². The normalized spacial score (nSPS) is 16.6. The van der Waals surface area contributed by atoms with E-state index in [4.69, 9.17) is 16.7 Å². The van der Waals surface area contributed by atoms with Gasteiger partial charge in [0.15, 0.2) is 0 Å². The minimum Gasteiger partial charge on any atom is -0.396 e. The Labute approximate surface area is 106 Å². The lowest BCUT2D eigenvalue weighted by Crippen LogP contribution is -2.35. The second-order valence-electron chi connectivity index (χ2n) is 4.42. The number of amides is 1. The summed E-state index contributed by atoms with van der Waals surface area (Å²) >= 11 is 5.84. The molecule has 1 amide bonds. The molecule has 17 heavy (non-hydrogen) atoms. The van der Waals surface area contributed by atoms with E-state index in [1.165, 1.54) is 0 Å². The van der Waals surface area contributed by atoms with Gasteiger partial charge in [-0.15, -0.1) is 0 Å². The summed E-state index contributed by atoms with van der Waals surface area (Å²) in [5.41, 5.74) is 0.684. The first-order chi connectivity index (χ1) is 8.19. The molecule has 1 saturated carbocycles. The maximum Gasteiger partial charge on any atom is 0.230 e. The van der Waals surface area contributed by atoms with Crippen LogP contribution in [0.25, 0.3) is 0 Å². The van der Waals surface area contributed by atoms with E-state index in [-0.39, 0.29) is 17.9 Å². The molecule has 92 valence electrons. The van der Waals surface area contributed by atoms with E-state index in [2.05, 4.69) is 5.32 Å². The van der Waals surface area contributed by atoms with Gasteiger partial charge in [0.05, 0.1) is 5.41 Å². The third-order valence-corrected chi connectivity index (χ3v) is 3.45. The molecule has 1 fully saturated rings. The monoisotopic (exact) mass is 253 g/mol. The quantitative estimate of drug-likeness (QED) is 0.787. The molecule has 2 N–H and O–H groups in total. The standard InChI is InChI=1S/C13H16ClNO2/c14-11-4-2-10(3-5-11)13(6-7-13)12(17)15-8-1-9-16/h2-5,16H,1,6-9H2,(H,15,17). The molecular weight excluding hydrogens is 238 g/mol. The minimum absolute atomic E-state index is 0.0632. The third kappa shape index (κ3) is 2.61. The molecule has 1 aromatic rings. The average molecular weight is 254 g/mol. The Morgan fingerprint density at radius 2 is 2.00 bits per heavy atom. The molecule has 4 heteroatoms. The van der Waals surface area contributed by atoms with Gasteiger partial charge in [-0.1, -0.05) is 23.7 Å². The summed E-state index contributed by atoms with van der Waals surface area (Å²) in [7, 11) is 0. The predicted octanol–water partition coefficient (Wildman–Crippen LogP) is 1.87. The molecule has 1 aliphatic rings. The van der Waals surface area contributed by atoms with Crippen LogP contribution in [0.15, 0.2) is 24.3 Å². The van der Waals surface area contributed by atoms with Gasteiger partial charge in [-0.25, -0.2) is 0 Å². The van der Waals surface area contributed by atoms with E-state index >= 15 is 0 Å². The molecule has 1 aromatic carbocycles. The lowest BCUT2D eigenvalue weighted by atomic mass is 9.95. The molecule has 0 aromatic heterocycles. The van der Waals surface area contributed by atoms with Crippen molar-refractivity contribution < 1.29 is 9.90 Å². The smallest absolute Gasteiger partial charge is 0.230 e. The fourth-order valence-corrected chi connectivity index (χ4v) is 2.12. The van der Waals surface area contributed by atoms with E-state index in [0.717, 1.165) is 18.4 Å². The van der Waals surface area contributed by atoms with Gasteiger partial charge in [-0.3, -0.25) is 4.79 Å². The molecule has 3 nitrogen and oxygen atoms in total. The molecule has 0 atom stereocenters. The summed E-state index contributed by atoms with van der Waals surface area (Å²) in [5.74, 6) is 0.0632. The van der Waals surface area contributed by atoms with Crippen molar-refractivity contribution in [2.24, 2.45) is 0 Å². The third-order valence-electron chi connectivity index (χ3n) is 3.20. The van der Waals surface area contributed by atoms with Crippen LogP contribution >= 0.6 is 11.6 Å². The first kappa shape index (κ1) is 12.4. The largest absolute Gasteiger partial charge is 0.396 e. The van der Waals surface area contributed by atoms with Crippen molar-refractivity contribution in [3.8, 4) is 0 Å². The predicted molar refractivity (Wildman–Crippen MR) is 67.1 cm³/mol. The summed E-state index contributed by atoms with van der Waals surface area (Å²) < 4.78 is 0. The van der Waals surface area contributed by atoms with Gasteiger partial charge < -0.3 is 10.4 Å². The van der Waals surface area contributed by atoms with E-state index in [0.29, 0.717) is 18.0 Å². The topological polar surface area (TPSA) is 49.3 Å². The molecule has 0 saturated heterocycles. The van der Waals surface area contributed by atoms with Crippen molar-refractivity contribution in [1.29, 1.82) is 0 Å². The molecule has 1 aliphatic carbocycles. The van der Waals surface area contributed by atoms with Crippen molar-refractivity contribution in [1.82, 2.24) is 5.32 Å². The molecule has 0 bridgehead atoms. The summed E-state index contributed by atoms with van der Waals surface area (Å²) in [6.45, 7) is 0.638. The van der Waals surface area contributed by atoms with Crippen LogP contribution in [0.2, 0.25) is 5.02 Å². The molecule has 2 rings (SSSR count). The highest BCUT2D eigenvalue weighted by atomic mass is 35.5. The van der Waals surface area contributed by atoms with Crippen LogP contribution in [0, 0.1) is 0 Å². The van der Waals surface area contributed by atoms with E-state index in [9.17, 15) is 4.79 Å². The van der Waals surface area contributed by atoms with Crippen LogP contribution in [-0.4, -0.2) is 24.2 Å². The van der Waals surface area contributed by atoms with E-state index in [1.807, 2.05) is 24.3 Å². The number of carbonyl (C=O) groups is 1. The molecule has 0 heterocycles. The van der Waals surface area contributed by atoms with Crippen molar-refractivity contribution in [2.45, 2.75) is 24.7 Å². The number of hydrogen-bond acceptors (Lipinski definition) is 2. The van der Waals surface area contributed by atoms with Crippen molar-refractivity contribution in [3.63, 3.8) is 0 Å². The Morgan fingerprint density at radius 1 is 1.35 bits per heavy atom. The van der Waals surface area contributed by atoms with Crippen molar-refractivity contribution in [3.05, 3.63) is 34.9 Å². The first-order valence-corrected chi connectivity index (χ1v) is 6.22. The number of carbonyl (C=O) groups excluding carboxylic acids is 1. The van der Waals surface area contributed by atoms with Crippen LogP contribution in [0.1, 0.15) is 24.8 Å². The summed E-state index contributed by atoms with van der Waals surface area (Å²) in [6, 6.07) is 7.47. The highest BCUT2D eigenvalue weighted by Gasteiger charge is 2.50. The fourth-order valence-electron chi connectivity index (χ4n) is 1.99. The number of aliphatic hydroxyl groups is 1. The zero-order valence-corrected chi connectivity index (χ0v) is 10.3. The molecule has 0 radical (unpaired) electrons. The van der Waals surface area contributed by atoms with Crippen LogP contribution in [-0.2, 0) is 10.2 Å². The van der Waals surface area contributed by atoms with Gasteiger partial charge in [0.1, 0.15) is 0 Å². The molecular formula is C13H16ClNO2. The van der Waals surface area contributed by atoms with Gasteiger partial charge in [-0.2, -0.15) is 0 Å². The number of aliphatic hydroxyl groups excluding tert-OH is 1. The Morgan fingerprint density at radius 3 is 2.53 bits per heavy atom. The highest BCUT2D eigenvalue weighted by molar-refractivity contribution is 6.30. The Hall–Kier alpha value is -1.06. The second-order valence-corrected chi connectivity index (χ2v) is 4.86. The van der Waals surface area contributed by atoms with Crippen LogP contribution in [0.3, 0.4) is 0 Å². The zero-order valence-electron chi connectivity index (χ0n) is 9.58. The summed E-state index contributed by atoms with van der Waals surface area (Å²) in [6.07, 6.45) is 2.38. The second kappa shape index (κ2) is 5.07. The Kier molecular flexibility index (Phi) is 3.69. The van der Waals surface area contributed by atoms with E-state index in [1.54, 1.807) is 0 Å². The van der Waals surface area contributed by atoms with E-state index < -0.39 is 0 Å². The van der Waals surface area contributed by atoms with Gasteiger partial charge in [0, 0.05) is 18.2 Å². The SMILES string of the molecule is O=C(NCCCO)C1(c2ccc(Cl)cc2)CC1. The molecule has 0 spiro atoms. The van der Waals surface area contributed by atoms with Crippen LogP contribution < -0.4 is 5.32 Å². The number of halogens is 1. The molecule has 0 aliphatic heterocycles. The van der Waals surface area contributed by atoms with Crippen molar-refractivity contribution >= 4 is 17.5 Å². The van der Waals surface area contributed by atoms with Gasteiger partial charge in [-0.05, 0) is 37.0 Å². The van der Waals surface area contributed by atoms with Crippen LogP contribution in [0.4, 0.5) is 0 Å². The lowest BCUT2D eigenvalue weighted by Gasteiger charge is -2.15. The number of nitrogens with one attached hydrogen (secondary N) is 1.